The van der Waals surface area contributed by atoms with Crippen LogP contribution in [0.15, 0.2) is 24.3 Å². The lowest BCUT2D eigenvalue weighted by molar-refractivity contribution is -0.146. The number of piperidine rings is 1. The van der Waals surface area contributed by atoms with Crippen LogP contribution in [0.3, 0.4) is 0 Å². The molecular weight excluding hydrogens is 430 g/mol. The molecule has 4 aliphatic carbocycles. The van der Waals surface area contributed by atoms with Crippen molar-refractivity contribution in [3.05, 3.63) is 29.8 Å². The fourth-order valence-corrected chi connectivity index (χ4v) is 8.39. The fraction of sp³-hybridized carbons (Fsp3) is 0.667. The second-order valence-electron chi connectivity index (χ2n) is 12.2. The van der Waals surface area contributed by atoms with Gasteiger partial charge in [-0.05, 0) is 92.4 Å². The number of likely N-dealkylation sites (tertiary alicyclic amines) is 1. The molecule has 34 heavy (non-hydrogen) atoms. The molecule has 0 spiro atoms. The Bertz CT molecular complexity index is 972. The van der Waals surface area contributed by atoms with Crippen LogP contribution in [0.25, 0.3) is 0 Å². The van der Waals surface area contributed by atoms with Crippen molar-refractivity contribution in [3.63, 3.8) is 0 Å². The number of anilines is 1. The van der Waals surface area contributed by atoms with Crippen molar-refractivity contribution in [2.24, 2.45) is 22.7 Å². The number of nitrogens with one attached hydrogen (secondary N) is 2. The predicted molar refractivity (Wildman–Crippen MR) is 129 cm³/mol. The lowest BCUT2D eigenvalue weighted by Gasteiger charge is -2.65. The third-order valence-corrected chi connectivity index (χ3v) is 8.64. The number of hydrogen-bond acceptors (Lipinski definition) is 4. The Labute approximate surface area is 202 Å². The number of esters is 1. The van der Waals surface area contributed by atoms with Gasteiger partial charge in [0.05, 0.1) is 13.0 Å². The number of benzene rings is 1. The van der Waals surface area contributed by atoms with Crippen LogP contribution in [0.2, 0.25) is 0 Å². The number of hydrogen-bond donors (Lipinski definition) is 2. The van der Waals surface area contributed by atoms with E-state index in [1.54, 1.807) is 29.2 Å². The molecule has 5 atom stereocenters. The Morgan fingerprint density at radius 2 is 1.68 bits per heavy atom. The summed E-state index contributed by atoms with van der Waals surface area (Å²) in [4.78, 5) is 39.5. The average molecular weight is 468 g/mol. The van der Waals surface area contributed by atoms with Gasteiger partial charge in [-0.15, -0.1) is 0 Å². The molecule has 7 nitrogen and oxygen atoms in total. The normalized spacial score (nSPS) is 36.1. The fourth-order valence-electron chi connectivity index (χ4n) is 8.39. The summed E-state index contributed by atoms with van der Waals surface area (Å²) in [6.45, 7) is 5.82. The minimum absolute atomic E-state index is 0.0975. The number of rotatable bonds is 4. The second kappa shape index (κ2) is 8.28. The number of carbonyl (C=O) groups is 3. The van der Waals surface area contributed by atoms with Crippen molar-refractivity contribution in [2.45, 2.75) is 70.8 Å². The molecule has 1 aliphatic heterocycles. The number of amides is 3. The zero-order valence-corrected chi connectivity index (χ0v) is 20.6. The summed E-state index contributed by atoms with van der Waals surface area (Å²) in [6.07, 6.45) is 8.60. The molecule has 184 valence electrons. The molecule has 0 radical (unpaired) electrons. The molecule has 1 aromatic rings. The van der Waals surface area contributed by atoms with Crippen LogP contribution in [-0.4, -0.2) is 48.5 Å². The maximum Gasteiger partial charge on any atom is 0.319 e. The molecular formula is C27H37N3O4. The minimum atomic E-state index is -0.263. The van der Waals surface area contributed by atoms with E-state index in [0.717, 1.165) is 32.1 Å². The van der Waals surface area contributed by atoms with Gasteiger partial charge < -0.3 is 20.3 Å². The van der Waals surface area contributed by atoms with Crippen LogP contribution in [0.1, 0.15) is 75.6 Å². The molecule has 5 aliphatic rings. The Hall–Kier alpha value is -2.57. The van der Waals surface area contributed by atoms with Crippen LogP contribution in [0.5, 0.6) is 0 Å². The van der Waals surface area contributed by atoms with Crippen LogP contribution < -0.4 is 10.6 Å². The highest BCUT2D eigenvalue weighted by molar-refractivity contribution is 5.96. The van der Waals surface area contributed by atoms with Gasteiger partial charge in [-0.25, -0.2) is 4.79 Å². The molecule has 1 heterocycles. The SMILES string of the molecule is COC(=O)C1CCCN(C(=O)c2ccc(NC(=O)NC34CC5C[C@@](C)(C3)C[C@](C)(C5)C4)cc2)C1. The topological polar surface area (TPSA) is 87.7 Å². The van der Waals surface area contributed by atoms with Crippen molar-refractivity contribution in [1.82, 2.24) is 10.2 Å². The van der Waals surface area contributed by atoms with Crippen LogP contribution in [0.4, 0.5) is 10.5 Å². The molecule has 1 saturated heterocycles. The molecule has 2 N–H and O–H groups in total. The lowest BCUT2D eigenvalue weighted by Crippen LogP contribution is -2.65. The minimum Gasteiger partial charge on any atom is -0.469 e. The molecule has 5 fully saturated rings. The third kappa shape index (κ3) is 4.41. The standard InChI is InChI=1S/C27H37N3O4/c1-25-11-18-12-26(2,15-25)17-27(13-18,16-25)29-24(33)28-21-8-6-19(7-9-21)22(31)30-10-4-5-20(14-30)23(32)34-3/h6-9,18,20H,4-5,10-17H2,1-3H3,(H2,28,29,33)/t18?,20?,25-,26+,27?. The maximum absolute atomic E-state index is 13.0. The molecule has 3 unspecified atom stereocenters. The number of nitrogens with zero attached hydrogens (tertiary/aromatic N) is 1. The van der Waals surface area contributed by atoms with E-state index < -0.39 is 0 Å². The highest BCUT2D eigenvalue weighted by Gasteiger charge is 2.60. The summed E-state index contributed by atoms with van der Waals surface area (Å²) < 4.78 is 4.85. The average Bonchev–Trinajstić information content (AvgIpc) is 2.75. The Morgan fingerprint density at radius 1 is 1.00 bits per heavy atom. The molecule has 3 amide bonds. The van der Waals surface area contributed by atoms with Crippen LogP contribution in [0, 0.1) is 22.7 Å². The van der Waals surface area contributed by atoms with E-state index in [9.17, 15) is 14.4 Å². The van der Waals surface area contributed by atoms with E-state index in [0.29, 0.717) is 41.1 Å². The zero-order chi connectivity index (χ0) is 24.1. The lowest BCUT2D eigenvalue weighted by atomic mass is 9.43. The molecule has 6 rings (SSSR count). The monoisotopic (exact) mass is 467 g/mol. The van der Waals surface area contributed by atoms with Crippen molar-refractivity contribution in [3.8, 4) is 0 Å². The first-order valence-electron chi connectivity index (χ1n) is 12.7. The van der Waals surface area contributed by atoms with Crippen molar-refractivity contribution >= 4 is 23.6 Å². The number of urea groups is 1. The Morgan fingerprint density at radius 3 is 2.29 bits per heavy atom. The van der Waals surface area contributed by atoms with E-state index >= 15 is 0 Å². The smallest absolute Gasteiger partial charge is 0.319 e. The quantitative estimate of drug-likeness (QED) is 0.635. The van der Waals surface area contributed by atoms with Gasteiger partial charge >= 0.3 is 12.0 Å². The highest BCUT2D eigenvalue weighted by atomic mass is 16.5. The Balaban J connectivity index is 1.20. The number of carbonyl (C=O) groups excluding carboxylic acids is 3. The molecule has 7 heteroatoms. The summed E-state index contributed by atoms with van der Waals surface area (Å²) in [7, 11) is 1.38. The van der Waals surface area contributed by atoms with E-state index in [-0.39, 0.29) is 29.4 Å². The molecule has 4 bridgehead atoms. The molecule has 1 aromatic carbocycles. The first kappa shape index (κ1) is 23.2. The van der Waals surface area contributed by atoms with Gasteiger partial charge in [0.15, 0.2) is 0 Å². The number of methoxy groups -OCH3 is 1. The predicted octanol–water partition coefficient (Wildman–Crippen LogP) is 4.58. The van der Waals surface area contributed by atoms with E-state index in [2.05, 4.69) is 24.5 Å². The van der Waals surface area contributed by atoms with Gasteiger partial charge in [-0.1, -0.05) is 13.8 Å². The van der Waals surface area contributed by atoms with E-state index in [1.807, 2.05) is 0 Å². The number of ether oxygens (including phenoxy) is 1. The summed E-state index contributed by atoms with van der Waals surface area (Å²) in [6, 6.07) is 6.87. The van der Waals surface area contributed by atoms with E-state index in [1.165, 1.54) is 26.4 Å². The molecule has 4 saturated carbocycles. The molecule has 0 aromatic heterocycles. The van der Waals surface area contributed by atoms with Gasteiger partial charge in [0.1, 0.15) is 0 Å². The second-order valence-corrected chi connectivity index (χ2v) is 12.2. The first-order valence-corrected chi connectivity index (χ1v) is 12.7. The highest BCUT2D eigenvalue weighted by Crippen LogP contribution is 2.66. The van der Waals surface area contributed by atoms with Crippen molar-refractivity contribution in [1.29, 1.82) is 0 Å². The van der Waals surface area contributed by atoms with E-state index in [4.69, 9.17) is 4.74 Å². The van der Waals surface area contributed by atoms with Gasteiger partial charge in [0.25, 0.3) is 5.91 Å². The summed E-state index contributed by atoms with van der Waals surface area (Å²) in [5.74, 6) is 0.0941. The van der Waals surface area contributed by atoms with Crippen LogP contribution in [-0.2, 0) is 9.53 Å². The van der Waals surface area contributed by atoms with Gasteiger partial charge in [0, 0.05) is 29.9 Å². The summed E-state index contributed by atoms with van der Waals surface area (Å²) >= 11 is 0. The zero-order valence-electron chi connectivity index (χ0n) is 20.6. The summed E-state index contributed by atoms with van der Waals surface area (Å²) in [5.41, 5.74) is 1.80. The van der Waals surface area contributed by atoms with Crippen molar-refractivity contribution in [2.75, 3.05) is 25.5 Å². The first-order chi connectivity index (χ1) is 16.1. The third-order valence-electron chi connectivity index (χ3n) is 8.64. The Kier molecular flexibility index (Phi) is 5.64. The summed E-state index contributed by atoms with van der Waals surface area (Å²) in [5, 5.41) is 6.35. The maximum atomic E-state index is 13.0. The largest absolute Gasteiger partial charge is 0.469 e. The van der Waals surface area contributed by atoms with Gasteiger partial charge in [-0.2, -0.15) is 0 Å². The van der Waals surface area contributed by atoms with Gasteiger partial charge in [-0.3, -0.25) is 9.59 Å². The van der Waals surface area contributed by atoms with Gasteiger partial charge in [0.2, 0.25) is 0 Å². The van der Waals surface area contributed by atoms with Crippen molar-refractivity contribution < 1.29 is 19.1 Å². The van der Waals surface area contributed by atoms with Crippen LogP contribution >= 0.6 is 0 Å².